The van der Waals surface area contributed by atoms with Gasteiger partial charge in [-0.05, 0) is 33.1 Å². The van der Waals surface area contributed by atoms with Crippen LogP contribution in [-0.2, 0) is 14.3 Å². The molecule has 1 heterocycles. The van der Waals surface area contributed by atoms with Gasteiger partial charge in [0.25, 0.3) is 0 Å². The molecule has 0 aromatic rings. The molecule has 0 bridgehead atoms. The molecule has 0 saturated carbocycles. The standard InChI is InChI=1S/C22H24F18N2O4/c1-4-14(2,3)46-13(44)42-7-5-10(6-8-42)11(43)45-9-15(25,26)17(29,30)18(31,32)19(33,34)20(35,36)22(39,40)41-21(37,38)16(27,28)12(23)24/h10,12,41H,4-9H2,1-3H3. The number of nitrogens with zero attached hydrogens (tertiary/aromatic N) is 1. The molecule has 1 saturated heterocycles. The number of rotatable bonds is 14. The van der Waals surface area contributed by atoms with Crippen LogP contribution in [0.3, 0.4) is 0 Å². The van der Waals surface area contributed by atoms with E-state index in [0.29, 0.717) is 6.42 Å². The highest BCUT2D eigenvalue weighted by molar-refractivity contribution is 5.73. The van der Waals surface area contributed by atoms with Crippen LogP contribution in [0.15, 0.2) is 0 Å². The highest BCUT2D eigenvalue weighted by Crippen LogP contribution is 2.60. The number of carbonyl (C=O) groups excluding carboxylic acids is 2. The maximum atomic E-state index is 14.1. The first kappa shape index (κ1) is 41.5. The Balaban J connectivity index is 3.13. The van der Waals surface area contributed by atoms with E-state index >= 15 is 0 Å². The van der Waals surface area contributed by atoms with Crippen molar-refractivity contribution in [3.05, 3.63) is 0 Å². The number of hydrogen-bond donors (Lipinski definition) is 1. The maximum absolute atomic E-state index is 14.1. The lowest BCUT2D eigenvalue weighted by Crippen LogP contribution is -2.75. The SMILES string of the molecule is CCC(C)(C)OC(=O)N1CCC(C(=O)OCC(F)(F)C(F)(F)C(F)(F)C(F)(F)C(F)(F)C(F)(F)NC(F)(F)C(F)(F)C(F)F)CC1. The summed E-state index contributed by atoms with van der Waals surface area (Å²) < 4.78 is 251. The first-order valence-corrected chi connectivity index (χ1v) is 12.4. The fourth-order valence-electron chi connectivity index (χ4n) is 3.36. The van der Waals surface area contributed by atoms with E-state index in [0.717, 1.165) is 4.90 Å². The van der Waals surface area contributed by atoms with Crippen LogP contribution in [0.25, 0.3) is 0 Å². The molecule has 0 aliphatic carbocycles. The van der Waals surface area contributed by atoms with Crippen LogP contribution in [0.4, 0.5) is 83.8 Å². The molecule has 46 heavy (non-hydrogen) atoms. The smallest absolute Gasteiger partial charge is 0.410 e. The molecular formula is C22H24F18N2O4. The van der Waals surface area contributed by atoms with Gasteiger partial charge in [-0.2, -0.15) is 75.6 Å². The number of carbonyl (C=O) groups is 2. The molecule has 1 rings (SSSR count). The third-order valence-corrected chi connectivity index (χ3v) is 6.74. The summed E-state index contributed by atoms with van der Waals surface area (Å²) in [4.78, 5) is 25.2. The van der Waals surface area contributed by atoms with Gasteiger partial charge in [-0.25, -0.2) is 13.6 Å². The molecule has 0 atom stereocenters. The van der Waals surface area contributed by atoms with Crippen molar-refractivity contribution < 1.29 is 98.1 Å². The average Bonchev–Trinajstić information content (AvgIpc) is 2.90. The summed E-state index contributed by atoms with van der Waals surface area (Å²) in [6.45, 7) is 0.768. The van der Waals surface area contributed by atoms with Crippen LogP contribution in [0.1, 0.15) is 40.0 Å². The fourth-order valence-corrected chi connectivity index (χ4v) is 3.36. The predicted octanol–water partition coefficient (Wildman–Crippen LogP) is 7.42. The van der Waals surface area contributed by atoms with Crippen LogP contribution in [0, 0.1) is 5.92 Å². The minimum atomic E-state index is -8.54. The molecule has 6 nitrogen and oxygen atoms in total. The Morgan fingerprint density at radius 3 is 1.59 bits per heavy atom. The Labute approximate surface area is 246 Å². The number of ether oxygens (including phenoxy) is 2. The van der Waals surface area contributed by atoms with Crippen LogP contribution < -0.4 is 5.32 Å². The van der Waals surface area contributed by atoms with Crippen molar-refractivity contribution in [2.75, 3.05) is 19.7 Å². The molecule has 272 valence electrons. The van der Waals surface area contributed by atoms with E-state index in [2.05, 4.69) is 4.74 Å². The second-order valence-electron chi connectivity index (χ2n) is 10.5. The summed E-state index contributed by atoms with van der Waals surface area (Å²) in [5, 5.41) is -1.73. The van der Waals surface area contributed by atoms with Crippen LogP contribution in [0.5, 0.6) is 0 Å². The lowest BCUT2D eigenvalue weighted by Gasteiger charge is -2.42. The number of piperidine rings is 1. The Bertz CT molecular complexity index is 1090. The van der Waals surface area contributed by atoms with Gasteiger partial charge in [0.15, 0.2) is 6.61 Å². The van der Waals surface area contributed by atoms with Crippen molar-refractivity contribution in [3.8, 4) is 0 Å². The molecule has 0 unspecified atom stereocenters. The second kappa shape index (κ2) is 12.8. The van der Waals surface area contributed by atoms with Gasteiger partial charge in [0.1, 0.15) is 5.60 Å². The van der Waals surface area contributed by atoms with Crippen molar-refractivity contribution in [1.29, 1.82) is 0 Å². The van der Waals surface area contributed by atoms with Gasteiger partial charge < -0.3 is 14.4 Å². The quantitative estimate of drug-likeness (QED) is 0.115. The number of halogens is 18. The monoisotopic (exact) mass is 722 g/mol. The molecule has 0 spiro atoms. The summed E-state index contributed by atoms with van der Waals surface area (Å²) >= 11 is 0. The lowest BCUT2D eigenvalue weighted by atomic mass is 9.93. The van der Waals surface area contributed by atoms with Crippen molar-refractivity contribution in [1.82, 2.24) is 10.2 Å². The highest BCUT2D eigenvalue weighted by atomic mass is 19.4. The van der Waals surface area contributed by atoms with Gasteiger partial charge in [0, 0.05) is 13.1 Å². The molecule has 1 fully saturated rings. The molecular weight excluding hydrogens is 698 g/mol. The zero-order chi connectivity index (χ0) is 36.8. The summed E-state index contributed by atoms with van der Waals surface area (Å²) in [6, 6.07) is -15.2. The van der Waals surface area contributed by atoms with E-state index in [1.807, 2.05) is 0 Å². The Morgan fingerprint density at radius 1 is 0.739 bits per heavy atom. The lowest BCUT2D eigenvalue weighted by molar-refractivity contribution is -0.436. The molecule has 1 N–H and O–H groups in total. The number of amides is 1. The van der Waals surface area contributed by atoms with Gasteiger partial charge >= 0.3 is 66.1 Å². The van der Waals surface area contributed by atoms with Crippen molar-refractivity contribution in [2.24, 2.45) is 5.92 Å². The Hall–Kier alpha value is -2.56. The topological polar surface area (TPSA) is 67.9 Å². The van der Waals surface area contributed by atoms with Crippen molar-refractivity contribution >= 4 is 12.1 Å². The average molecular weight is 722 g/mol. The predicted molar refractivity (Wildman–Crippen MR) is 115 cm³/mol. The maximum Gasteiger partial charge on any atom is 0.410 e. The molecule has 24 heteroatoms. The number of esters is 1. The van der Waals surface area contributed by atoms with Crippen LogP contribution in [0.2, 0.25) is 0 Å². The molecule has 0 radical (unpaired) electrons. The number of nitrogens with one attached hydrogen (secondary N) is 1. The summed E-state index contributed by atoms with van der Waals surface area (Å²) in [6.07, 6.45) is -7.11. The van der Waals surface area contributed by atoms with Gasteiger partial charge in [0.05, 0.1) is 5.92 Å². The van der Waals surface area contributed by atoms with Crippen LogP contribution in [-0.4, -0.2) is 96.3 Å². The van der Waals surface area contributed by atoms with E-state index in [4.69, 9.17) is 4.74 Å². The van der Waals surface area contributed by atoms with E-state index in [-0.39, 0.29) is 13.1 Å². The second-order valence-corrected chi connectivity index (χ2v) is 10.5. The molecule has 1 aliphatic rings. The highest BCUT2D eigenvalue weighted by Gasteiger charge is 2.91. The van der Waals surface area contributed by atoms with E-state index in [9.17, 15) is 88.6 Å². The number of hydrogen-bond acceptors (Lipinski definition) is 5. The molecule has 1 amide bonds. The molecule has 1 aliphatic heterocycles. The van der Waals surface area contributed by atoms with Gasteiger partial charge in [-0.15, -0.1) is 0 Å². The van der Waals surface area contributed by atoms with Gasteiger partial charge in [0.2, 0.25) is 0 Å². The third kappa shape index (κ3) is 7.44. The van der Waals surface area contributed by atoms with Crippen LogP contribution >= 0.6 is 0 Å². The van der Waals surface area contributed by atoms with Crippen molar-refractivity contribution in [2.45, 2.75) is 99.7 Å². The largest absolute Gasteiger partial charge is 0.459 e. The van der Waals surface area contributed by atoms with E-state index in [1.54, 1.807) is 6.92 Å². The zero-order valence-electron chi connectivity index (χ0n) is 23.3. The fraction of sp³-hybridized carbons (Fsp3) is 0.909. The molecule has 0 aromatic carbocycles. The normalized spacial score (nSPS) is 17.4. The Morgan fingerprint density at radius 2 is 1.17 bits per heavy atom. The van der Waals surface area contributed by atoms with Gasteiger partial charge in [-0.3, -0.25) is 4.79 Å². The van der Waals surface area contributed by atoms with Gasteiger partial charge in [-0.1, -0.05) is 6.92 Å². The number of likely N-dealkylation sites (tertiary alicyclic amines) is 1. The first-order chi connectivity index (χ1) is 20.2. The first-order valence-electron chi connectivity index (χ1n) is 12.4. The summed E-state index contributed by atoms with van der Waals surface area (Å²) in [5.74, 6) is -50.5. The van der Waals surface area contributed by atoms with E-state index < -0.39 is 102 Å². The minimum Gasteiger partial charge on any atom is -0.459 e. The summed E-state index contributed by atoms with van der Waals surface area (Å²) in [5.41, 5.74) is -0.937. The minimum absolute atomic E-state index is 0.338. The zero-order valence-corrected chi connectivity index (χ0v) is 23.3. The van der Waals surface area contributed by atoms with E-state index in [1.165, 1.54) is 13.8 Å². The Kier molecular flexibility index (Phi) is 11.5. The third-order valence-electron chi connectivity index (χ3n) is 6.74. The number of alkyl halides is 18. The molecule has 0 aromatic heterocycles. The van der Waals surface area contributed by atoms with Crippen molar-refractivity contribution in [3.63, 3.8) is 0 Å². The summed E-state index contributed by atoms with van der Waals surface area (Å²) in [7, 11) is 0.